The van der Waals surface area contributed by atoms with Gasteiger partial charge in [0, 0.05) is 17.7 Å². The minimum atomic E-state index is -0.994. The highest BCUT2D eigenvalue weighted by molar-refractivity contribution is 8.18. The molecule has 0 bridgehead atoms. The van der Waals surface area contributed by atoms with Gasteiger partial charge in [-0.25, -0.2) is 13.6 Å². The second-order valence-electron chi connectivity index (χ2n) is 7.56. The molecule has 0 spiro atoms. The molecular weight excluding hydrogens is 530 g/mol. The molecule has 4 rings (SSSR count). The SMILES string of the molecule is CCOC(=O)c1cc(-c2ccc(/C=C3/SC(=O)N(CC(=O)Nc4ccc(F)cc4F)C3=O)o2)ccc1Cl. The largest absolute Gasteiger partial charge is 0.462 e. The van der Waals surface area contributed by atoms with E-state index in [0.717, 1.165) is 12.1 Å². The van der Waals surface area contributed by atoms with Crippen LogP contribution in [0, 0.1) is 11.6 Å². The van der Waals surface area contributed by atoms with Crippen molar-refractivity contribution in [2.75, 3.05) is 18.5 Å². The van der Waals surface area contributed by atoms with Gasteiger partial charge in [-0.3, -0.25) is 19.3 Å². The summed E-state index contributed by atoms with van der Waals surface area (Å²) in [5, 5.41) is 1.72. The van der Waals surface area contributed by atoms with E-state index in [0.29, 0.717) is 34.1 Å². The van der Waals surface area contributed by atoms with Crippen LogP contribution < -0.4 is 5.32 Å². The molecule has 1 fully saturated rings. The number of imide groups is 1. The summed E-state index contributed by atoms with van der Waals surface area (Å²) in [7, 11) is 0. The van der Waals surface area contributed by atoms with Gasteiger partial charge in [0.05, 0.1) is 27.8 Å². The van der Waals surface area contributed by atoms with Crippen molar-refractivity contribution < 1.29 is 37.1 Å². The Bertz CT molecular complexity index is 1450. The molecule has 0 aliphatic carbocycles. The highest BCUT2D eigenvalue weighted by atomic mass is 35.5. The van der Waals surface area contributed by atoms with Crippen LogP contribution in [-0.2, 0) is 14.3 Å². The Labute approximate surface area is 218 Å². The molecule has 1 aliphatic rings. The highest BCUT2D eigenvalue weighted by Gasteiger charge is 2.36. The van der Waals surface area contributed by atoms with Crippen molar-refractivity contribution in [3.05, 3.63) is 81.4 Å². The number of rotatable bonds is 7. The third-order valence-corrected chi connectivity index (χ3v) is 6.26. The number of thioether (sulfide) groups is 1. The normalized spacial score (nSPS) is 14.4. The number of furan rings is 1. The number of amides is 3. The molecule has 2 aromatic carbocycles. The van der Waals surface area contributed by atoms with Gasteiger partial charge in [-0.1, -0.05) is 11.6 Å². The molecular formula is C25H17ClF2N2O6S. The first-order valence-electron chi connectivity index (χ1n) is 10.7. The smallest absolute Gasteiger partial charge is 0.339 e. The summed E-state index contributed by atoms with van der Waals surface area (Å²) in [6.45, 7) is 1.20. The summed E-state index contributed by atoms with van der Waals surface area (Å²) in [5.74, 6) is -3.36. The summed E-state index contributed by atoms with van der Waals surface area (Å²) in [6, 6.07) is 10.4. The van der Waals surface area contributed by atoms with Crippen molar-refractivity contribution in [2.24, 2.45) is 0 Å². The molecule has 8 nitrogen and oxygen atoms in total. The molecule has 1 aliphatic heterocycles. The molecule has 1 aromatic heterocycles. The first kappa shape index (κ1) is 26.1. The number of benzene rings is 2. The maximum Gasteiger partial charge on any atom is 0.339 e. The van der Waals surface area contributed by atoms with Crippen LogP contribution in [0.15, 0.2) is 57.9 Å². The molecule has 3 aromatic rings. The van der Waals surface area contributed by atoms with Crippen LogP contribution >= 0.6 is 23.4 Å². The van der Waals surface area contributed by atoms with E-state index in [1.54, 1.807) is 25.1 Å². The average molecular weight is 547 g/mol. The van der Waals surface area contributed by atoms with Crippen LogP contribution in [0.5, 0.6) is 0 Å². The molecule has 1 saturated heterocycles. The number of nitrogens with zero attached hydrogens (tertiary/aromatic N) is 1. The van der Waals surface area contributed by atoms with Gasteiger partial charge in [0.2, 0.25) is 5.91 Å². The van der Waals surface area contributed by atoms with Crippen LogP contribution in [0.25, 0.3) is 17.4 Å². The number of carbonyl (C=O) groups excluding carboxylic acids is 4. The maximum atomic E-state index is 13.8. The quantitative estimate of drug-likeness (QED) is 0.298. The molecule has 1 N–H and O–H groups in total. The standard InChI is InChI=1S/C25H17ClF2N2O6S/c1-2-35-24(33)16-9-13(3-6-17(16)26)20-8-5-15(36-20)11-21-23(32)30(25(34)37-21)12-22(31)29-19-7-4-14(27)10-18(19)28/h3-11H,2,12H2,1H3,(H,29,31)/b21-11+. The first-order valence-corrected chi connectivity index (χ1v) is 11.9. The zero-order valence-corrected chi connectivity index (χ0v) is 20.6. The van der Waals surface area contributed by atoms with Gasteiger partial charge in [0.25, 0.3) is 11.1 Å². The second-order valence-corrected chi connectivity index (χ2v) is 8.96. The number of halogens is 3. The summed E-state index contributed by atoms with van der Waals surface area (Å²) >= 11 is 6.70. The summed E-state index contributed by atoms with van der Waals surface area (Å²) < 4.78 is 37.5. The lowest BCUT2D eigenvalue weighted by atomic mass is 10.1. The number of hydrogen-bond acceptors (Lipinski definition) is 7. The Kier molecular flexibility index (Phi) is 7.74. The Hall–Kier alpha value is -3.96. The number of ether oxygens (including phenoxy) is 1. The van der Waals surface area contributed by atoms with E-state index >= 15 is 0 Å². The Morgan fingerprint density at radius 1 is 1.14 bits per heavy atom. The minimum absolute atomic E-state index is 0.00924. The van der Waals surface area contributed by atoms with Gasteiger partial charge in [-0.05, 0) is 61.2 Å². The lowest BCUT2D eigenvalue weighted by Gasteiger charge is -2.12. The molecule has 37 heavy (non-hydrogen) atoms. The van der Waals surface area contributed by atoms with Crippen LogP contribution in [0.4, 0.5) is 19.3 Å². The molecule has 190 valence electrons. The van der Waals surface area contributed by atoms with Crippen molar-refractivity contribution in [3.8, 4) is 11.3 Å². The number of hydrogen-bond donors (Lipinski definition) is 1. The predicted octanol–water partition coefficient (Wildman–Crippen LogP) is 5.73. The Morgan fingerprint density at radius 3 is 2.65 bits per heavy atom. The molecule has 3 amide bonds. The maximum absolute atomic E-state index is 13.8. The van der Waals surface area contributed by atoms with Gasteiger partial charge in [-0.15, -0.1) is 0 Å². The predicted molar refractivity (Wildman–Crippen MR) is 133 cm³/mol. The fraction of sp³-hybridized carbons (Fsp3) is 0.120. The molecule has 2 heterocycles. The van der Waals surface area contributed by atoms with Crippen molar-refractivity contribution >= 4 is 58.1 Å². The van der Waals surface area contributed by atoms with E-state index in [9.17, 15) is 28.0 Å². The molecule has 0 saturated carbocycles. The molecule has 0 radical (unpaired) electrons. The van der Waals surface area contributed by atoms with E-state index in [1.165, 1.54) is 18.2 Å². The zero-order valence-electron chi connectivity index (χ0n) is 19.0. The van der Waals surface area contributed by atoms with E-state index < -0.39 is 41.2 Å². The van der Waals surface area contributed by atoms with Gasteiger partial charge >= 0.3 is 5.97 Å². The fourth-order valence-electron chi connectivity index (χ4n) is 3.32. The molecule has 0 unspecified atom stereocenters. The lowest BCUT2D eigenvalue weighted by molar-refractivity contribution is -0.127. The van der Waals surface area contributed by atoms with Crippen LogP contribution in [-0.4, -0.2) is 41.1 Å². The third-order valence-electron chi connectivity index (χ3n) is 5.03. The van der Waals surface area contributed by atoms with Gasteiger partial charge in [0.15, 0.2) is 0 Å². The number of anilines is 1. The first-order chi connectivity index (χ1) is 17.7. The van der Waals surface area contributed by atoms with E-state index in [4.69, 9.17) is 20.8 Å². The van der Waals surface area contributed by atoms with Gasteiger partial charge < -0.3 is 14.5 Å². The Morgan fingerprint density at radius 2 is 1.92 bits per heavy atom. The average Bonchev–Trinajstić information content (AvgIpc) is 3.41. The topological polar surface area (TPSA) is 106 Å². The lowest BCUT2D eigenvalue weighted by Crippen LogP contribution is -2.36. The van der Waals surface area contributed by atoms with Crippen molar-refractivity contribution in [1.29, 1.82) is 0 Å². The highest BCUT2D eigenvalue weighted by Crippen LogP contribution is 2.34. The summed E-state index contributed by atoms with van der Waals surface area (Å²) in [4.78, 5) is 50.1. The van der Waals surface area contributed by atoms with E-state index in [-0.39, 0.29) is 33.5 Å². The zero-order chi connectivity index (χ0) is 26.7. The number of carbonyl (C=O) groups is 4. The molecule has 12 heteroatoms. The van der Waals surface area contributed by atoms with E-state index in [1.807, 2.05) is 0 Å². The van der Waals surface area contributed by atoms with Crippen molar-refractivity contribution in [1.82, 2.24) is 4.90 Å². The fourth-order valence-corrected chi connectivity index (χ4v) is 4.33. The monoisotopic (exact) mass is 546 g/mol. The van der Waals surface area contributed by atoms with Crippen LogP contribution in [0.1, 0.15) is 23.0 Å². The summed E-state index contributed by atoms with van der Waals surface area (Å²) in [6.07, 6.45) is 1.34. The second kappa shape index (κ2) is 11.0. The van der Waals surface area contributed by atoms with Crippen LogP contribution in [0.3, 0.4) is 0 Å². The molecule has 0 atom stereocenters. The Balaban J connectivity index is 1.47. The van der Waals surface area contributed by atoms with Gasteiger partial charge in [-0.2, -0.15) is 0 Å². The number of nitrogens with one attached hydrogen (secondary N) is 1. The van der Waals surface area contributed by atoms with E-state index in [2.05, 4.69) is 5.32 Å². The van der Waals surface area contributed by atoms with Crippen molar-refractivity contribution in [2.45, 2.75) is 6.92 Å². The number of esters is 1. The van der Waals surface area contributed by atoms with Gasteiger partial charge in [0.1, 0.15) is 29.7 Å². The third kappa shape index (κ3) is 5.89. The van der Waals surface area contributed by atoms with Crippen molar-refractivity contribution in [3.63, 3.8) is 0 Å². The summed E-state index contributed by atoms with van der Waals surface area (Å²) in [5.41, 5.74) is 0.411. The minimum Gasteiger partial charge on any atom is -0.462 e. The van der Waals surface area contributed by atoms with Crippen LogP contribution in [0.2, 0.25) is 5.02 Å².